The van der Waals surface area contributed by atoms with Gasteiger partial charge in [0.2, 0.25) is 0 Å². The monoisotopic (exact) mass is 333 g/mol. The number of hydrogen-bond donors (Lipinski definition) is 2. The molecule has 130 valence electrons. The third-order valence-corrected chi connectivity index (χ3v) is 5.91. The second-order valence-electron chi connectivity index (χ2n) is 7.93. The van der Waals surface area contributed by atoms with Crippen molar-refractivity contribution < 1.29 is 19.0 Å². The minimum absolute atomic E-state index is 0.0187. The summed E-state index contributed by atoms with van der Waals surface area (Å²) in [5.41, 5.74) is 5.41. The summed E-state index contributed by atoms with van der Waals surface area (Å²) in [4.78, 5) is 32.9. The first-order chi connectivity index (χ1) is 9.74. The lowest BCUT2D eigenvalue weighted by Crippen LogP contribution is -2.25. The minimum atomic E-state index is -3.70. The van der Waals surface area contributed by atoms with E-state index >= 15 is 0 Å². The van der Waals surface area contributed by atoms with Crippen LogP contribution in [0.25, 0.3) is 0 Å². The maximum atomic E-state index is 11.8. The van der Waals surface area contributed by atoms with E-state index in [9.17, 15) is 19.0 Å². The van der Waals surface area contributed by atoms with Gasteiger partial charge in [0.25, 0.3) is 7.52 Å². The van der Waals surface area contributed by atoms with Gasteiger partial charge in [0.05, 0.1) is 5.16 Å². The number of ketones is 2. The quantitative estimate of drug-likeness (QED) is 0.592. The molecule has 0 saturated carbocycles. The molecular formula is C16H32NO4P. The van der Waals surface area contributed by atoms with Crippen LogP contribution >= 0.6 is 7.52 Å². The van der Waals surface area contributed by atoms with Crippen molar-refractivity contribution in [2.24, 2.45) is 10.9 Å². The average molecular weight is 333 g/mol. The lowest BCUT2D eigenvalue weighted by Gasteiger charge is -2.26. The van der Waals surface area contributed by atoms with Crippen molar-refractivity contribution in [2.75, 3.05) is 0 Å². The van der Waals surface area contributed by atoms with Gasteiger partial charge in [-0.05, 0) is 38.5 Å². The van der Waals surface area contributed by atoms with E-state index in [1.165, 1.54) is 0 Å². The highest BCUT2D eigenvalue weighted by atomic mass is 31.2. The second-order valence-corrected chi connectivity index (χ2v) is 10.4. The lowest BCUT2D eigenvalue weighted by atomic mass is 9.89. The van der Waals surface area contributed by atoms with E-state index in [4.69, 9.17) is 5.50 Å². The van der Waals surface area contributed by atoms with Gasteiger partial charge < -0.3 is 4.89 Å². The highest BCUT2D eigenvalue weighted by Crippen LogP contribution is 2.49. The SMILES string of the molecule is CC(C)(C)CCC(=O)CCCC(=O)CCC(C)(C)P(N)(=O)O. The molecule has 1 unspecified atom stereocenters. The Kier molecular flexibility index (Phi) is 8.18. The zero-order valence-corrected chi connectivity index (χ0v) is 15.5. The maximum absolute atomic E-state index is 11.8. The van der Waals surface area contributed by atoms with E-state index in [2.05, 4.69) is 20.8 Å². The Morgan fingerprint density at radius 1 is 0.909 bits per heavy atom. The third-order valence-electron chi connectivity index (χ3n) is 3.95. The highest BCUT2D eigenvalue weighted by molar-refractivity contribution is 7.57. The summed E-state index contributed by atoms with van der Waals surface area (Å²) in [5.74, 6) is 0.218. The molecule has 0 aliphatic carbocycles. The van der Waals surface area contributed by atoms with Gasteiger partial charge in [-0.3, -0.25) is 19.7 Å². The fourth-order valence-electron chi connectivity index (χ4n) is 1.85. The maximum Gasteiger partial charge on any atom is 0.270 e. The first-order valence-corrected chi connectivity index (χ1v) is 9.62. The molecule has 1 atom stereocenters. The Hall–Kier alpha value is -0.510. The fourth-order valence-corrected chi connectivity index (χ4v) is 2.28. The fraction of sp³-hybridized carbons (Fsp3) is 0.875. The molecule has 0 aromatic rings. The number of carbonyl (C=O) groups excluding carboxylic acids is 2. The van der Waals surface area contributed by atoms with E-state index in [1.807, 2.05) is 0 Å². The molecule has 0 saturated heterocycles. The number of carbonyl (C=O) groups is 2. The molecule has 0 aromatic carbocycles. The molecule has 3 N–H and O–H groups in total. The summed E-state index contributed by atoms with van der Waals surface area (Å²) < 4.78 is 11.5. The van der Waals surface area contributed by atoms with Gasteiger partial charge in [0, 0.05) is 25.7 Å². The van der Waals surface area contributed by atoms with Gasteiger partial charge in [-0.2, -0.15) is 0 Å². The van der Waals surface area contributed by atoms with Gasteiger partial charge >= 0.3 is 0 Å². The molecule has 22 heavy (non-hydrogen) atoms. The van der Waals surface area contributed by atoms with E-state index in [-0.39, 0.29) is 29.8 Å². The number of rotatable bonds is 10. The van der Waals surface area contributed by atoms with Crippen LogP contribution in [0.2, 0.25) is 0 Å². The van der Waals surface area contributed by atoms with Crippen LogP contribution in [0.3, 0.4) is 0 Å². The average Bonchev–Trinajstić information content (AvgIpc) is 2.32. The normalized spacial score (nSPS) is 15.4. The molecule has 0 radical (unpaired) electrons. The van der Waals surface area contributed by atoms with Crippen LogP contribution in [0.4, 0.5) is 0 Å². The van der Waals surface area contributed by atoms with Gasteiger partial charge in [0.1, 0.15) is 11.6 Å². The topological polar surface area (TPSA) is 97.5 Å². The van der Waals surface area contributed by atoms with Crippen molar-refractivity contribution in [2.45, 2.75) is 84.7 Å². The van der Waals surface area contributed by atoms with Crippen LogP contribution in [-0.4, -0.2) is 21.6 Å². The molecule has 0 spiro atoms. The highest BCUT2D eigenvalue weighted by Gasteiger charge is 2.35. The largest absolute Gasteiger partial charge is 0.333 e. The van der Waals surface area contributed by atoms with E-state index in [1.54, 1.807) is 13.8 Å². The number of hydrogen-bond acceptors (Lipinski definition) is 3. The smallest absolute Gasteiger partial charge is 0.270 e. The molecule has 0 bridgehead atoms. The Morgan fingerprint density at radius 2 is 1.32 bits per heavy atom. The van der Waals surface area contributed by atoms with Crippen LogP contribution in [0, 0.1) is 5.41 Å². The van der Waals surface area contributed by atoms with Crippen LogP contribution in [0.5, 0.6) is 0 Å². The van der Waals surface area contributed by atoms with Crippen LogP contribution in [-0.2, 0) is 14.2 Å². The van der Waals surface area contributed by atoms with Crippen molar-refractivity contribution in [1.29, 1.82) is 0 Å². The van der Waals surface area contributed by atoms with Crippen LogP contribution < -0.4 is 5.50 Å². The summed E-state index contributed by atoms with van der Waals surface area (Å²) in [6.45, 7) is 9.49. The first kappa shape index (κ1) is 21.5. The van der Waals surface area contributed by atoms with Gasteiger partial charge in [-0.15, -0.1) is 0 Å². The van der Waals surface area contributed by atoms with Crippen molar-refractivity contribution in [3.8, 4) is 0 Å². The van der Waals surface area contributed by atoms with Gasteiger partial charge in [0.15, 0.2) is 0 Å². The van der Waals surface area contributed by atoms with E-state index < -0.39 is 12.7 Å². The summed E-state index contributed by atoms with van der Waals surface area (Å²) in [5, 5.41) is -0.953. The predicted molar refractivity (Wildman–Crippen MR) is 89.9 cm³/mol. The molecular weight excluding hydrogens is 301 g/mol. The van der Waals surface area contributed by atoms with Gasteiger partial charge in [-0.1, -0.05) is 20.8 Å². The zero-order valence-electron chi connectivity index (χ0n) is 14.6. The first-order valence-electron chi connectivity index (χ1n) is 7.89. The Bertz CT molecular complexity index is 432. The molecule has 0 heterocycles. The summed E-state index contributed by atoms with van der Waals surface area (Å²) >= 11 is 0. The molecule has 0 aliphatic heterocycles. The van der Waals surface area contributed by atoms with Crippen molar-refractivity contribution in [3.63, 3.8) is 0 Å². The Morgan fingerprint density at radius 3 is 1.68 bits per heavy atom. The van der Waals surface area contributed by atoms with Crippen molar-refractivity contribution >= 4 is 19.1 Å². The molecule has 0 fully saturated rings. The predicted octanol–water partition coefficient (Wildman–Crippen LogP) is 3.82. The van der Waals surface area contributed by atoms with Crippen molar-refractivity contribution in [3.05, 3.63) is 0 Å². The molecule has 0 aliphatic rings. The Balaban J connectivity index is 3.97. The summed E-state index contributed by atoms with van der Waals surface area (Å²) in [6, 6.07) is 0. The molecule has 6 heteroatoms. The number of Topliss-reactive ketones (excluding diaryl/α,β-unsaturated/α-hetero) is 2. The second kappa shape index (κ2) is 8.37. The van der Waals surface area contributed by atoms with Crippen LogP contribution in [0.15, 0.2) is 0 Å². The Labute approximate surface area is 134 Å². The van der Waals surface area contributed by atoms with Crippen LogP contribution in [0.1, 0.15) is 79.6 Å². The molecule has 5 nitrogen and oxygen atoms in total. The number of nitrogens with two attached hydrogens (primary N) is 1. The lowest BCUT2D eigenvalue weighted by molar-refractivity contribution is -0.120. The standard InChI is InChI=1S/C16H32NO4P/c1-15(2,3)11-9-13(18)7-6-8-14(19)10-12-16(4,5)22(17,20)21/h6-12H2,1-5H3,(H3,17,20,21). The molecule has 0 amide bonds. The molecule has 0 rings (SSSR count). The summed E-state index contributed by atoms with van der Waals surface area (Å²) in [7, 11) is -3.70. The van der Waals surface area contributed by atoms with Crippen molar-refractivity contribution in [1.82, 2.24) is 0 Å². The minimum Gasteiger partial charge on any atom is -0.333 e. The van der Waals surface area contributed by atoms with E-state index in [0.717, 1.165) is 6.42 Å². The zero-order chi connectivity index (χ0) is 17.6. The van der Waals surface area contributed by atoms with E-state index in [0.29, 0.717) is 25.7 Å². The summed E-state index contributed by atoms with van der Waals surface area (Å²) in [6.07, 6.45) is 3.26. The van der Waals surface area contributed by atoms with Gasteiger partial charge in [-0.25, -0.2) is 0 Å². The third kappa shape index (κ3) is 9.50. The molecule has 0 aromatic heterocycles.